The number of nitrogens with one attached hydrogen (secondary N) is 3. The molecule has 5 aliphatic rings. The summed E-state index contributed by atoms with van der Waals surface area (Å²) in [5.41, 5.74) is -0.690. The number of nitrogens with zero attached hydrogens (tertiary/aromatic N) is 2. The van der Waals surface area contributed by atoms with Gasteiger partial charge < -0.3 is 29.7 Å². The van der Waals surface area contributed by atoms with E-state index in [1.807, 2.05) is 30.3 Å². The molecular weight excluding hydrogens is 670 g/mol. The van der Waals surface area contributed by atoms with Crippen molar-refractivity contribution in [3.05, 3.63) is 42.0 Å². The third-order valence-electron chi connectivity index (χ3n) is 9.49. The molecule has 1 aromatic rings. The number of amides is 5. The van der Waals surface area contributed by atoms with Gasteiger partial charge in [-0.3, -0.25) is 24.0 Å². The zero-order valence-corrected chi connectivity index (χ0v) is 29.3. The third kappa shape index (κ3) is 7.90. The summed E-state index contributed by atoms with van der Waals surface area (Å²) < 4.78 is 44.7. The fourth-order valence-electron chi connectivity index (χ4n) is 6.67. The van der Waals surface area contributed by atoms with E-state index in [-0.39, 0.29) is 32.6 Å². The molecule has 16 heteroatoms. The van der Waals surface area contributed by atoms with E-state index >= 15 is 0 Å². The van der Waals surface area contributed by atoms with Gasteiger partial charge in [-0.15, -0.1) is 0 Å². The van der Waals surface area contributed by atoms with Crippen molar-refractivity contribution in [1.82, 2.24) is 20.3 Å². The zero-order valence-electron chi connectivity index (χ0n) is 28.5. The van der Waals surface area contributed by atoms with Crippen LogP contribution in [0.3, 0.4) is 0 Å². The smallest absolute Gasteiger partial charge is 0.414 e. The van der Waals surface area contributed by atoms with Crippen molar-refractivity contribution in [2.45, 2.75) is 100 Å². The number of alkyl carbamates (subject to hydrolysis) is 1. The fraction of sp³-hybridized carbons (Fsp3) is 0.618. The Morgan fingerprint density at radius 2 is 1.88 bits per heavy atom. The minimum atomic E-state index is -3.91. The Morgan fingerprint density at radius 3 is 2.62 bits per heavy atom. The van der Waals surface area contributed by atoms with E-state index in [0.29, 0.717) is 38.6 Å². The van der Waals surface area contributed by atoms with Crippen LogP contribution < -0.4 is 20.3 Å². The Morgan fingerprint density at radius 1 is 1.12 bits per heavy atom. The predicted molar refractivity (Wildman–Crippen MR) is 179 cm³/mol. The van der Waals surface area contributed by atoms with Crippen LogP contribution in [0.4, 0.5) is 15.3 Å². The number of carbonyl (C=O) groups excluding carboxylic acids is 5. The lowest BCUT2D eigenvalue weighted by molar-refractivity contribution is -0.142. The molecule has 3 heterocycles. The second-order valence-corrected chi connectivity index (χ2v) is 16.5. The van der Waals surface area contributed by atoms with Crippen LogP contribution in [0.2, 0.25) is 0 Å². The summed E-state index contributed by atoms with van der Waals surface area (Å²) in [6.07, 6.45) is 3.97. The van der Waals surface area contributed by atoms with Crippen molar-refractivity contribution >= 4 is 45.6 Å². The van der Waals surface area contributed by atoms with E-state index < -0.39 is 80.4 Å². The largest absolute Gasteiger partial charge is 0.444 e. The molecule has 3 N–H and O–H groups in total. The van der Waals surface area contributed by atoms with Crippen molar-refractivity contribution in [2.75, 3.05) is 31.2 Å². The Balaban J connectivity index is 1.26. The van der Waals surface area contributed by atoms with E-state index in [1.54, 1.807) is 26.8 Å². The molecule has 2 aliphatic carbocycles. The molecule has 50 heavy (non-hydrogen) atoms. The number of carbonyl (C=O) groups is 5. The van der Waals surface area contributed by atoms with Crippen LogP contribution >= 0.6 is 0 Å². The fourth-order valence-corrected chi connectivity index (χ4v) is 8.03. The molecule has 5 atom stereocenters. The molecule has 272 valence electrons. The Bertz CT molecular complexity index is 1670. The van der Waals surface area contributed by atoms with Crippen LogP contribution in [0, 0.1) is 5.92 Å². The van der Waals surface area contributed by atoms with Crippen LogP contribution in [-0.4, -0.2) is 104 Å². The standard InChI is InChI=1S/C34H45N5O10S/c1-33(2,3)49-31(43)35-25-20-47-16-8-4-5-10-22-18-34(22,30(42)37-50(45,46)24-12-13-24)36-28(40)27-17-23(19-39(27)29(25)41)48-32(44)38-15-14-21-9-6-7-11-26(21)38/h5-7,9-11,22-25,27H,4,8,12-20H2,1-3H3,(H,35,43)(H,36,40)(H,37,42)/t22-,23-,25+,27+,34-/m1/s1. The normalized spacial score (nSPS) is 28.6. The van der Waals surface area contributed by atoms with E-state index in [0.717, 1.165) is 11.3 Å². The number of anilines is 1. The van der Waals surface area contributed by atoms with Crippen LogP contribution in [0.1, 0.15) is 64.9 Å². The van der Waals surface area contributed by atoms with Gasteiger partial charge in [-0.1, -0.05) is 30.4 Å². The molecule has 0 spiro atoms. The van der Waals surface area contributed by atoms with Crippen LogP contribution in [0.25, 0.3) is 0 Å². The van der Waals surface area contributed by atoms with Gasteiger partial charge in [0, 0.05) is 25.5 Å². The number of benzene rings is 1. The molecule has 2 saturated carbocycles. The molecule has 0 unspecified atom stereocenters. The second kappa shape index (κ2) is 13.9. The van der Waals surface area contributed by atoms with Gasteiger partial charge in [-0.05, 0) is 70.9 Å². The second-order valence-electron chi connectivity index (χ2n) is 14.6. The zero-order chi connectivity index (χ0) is 35.8. The lowest BCUT2D eigenvalue weighted by atomic mass is 10.1. The third-order valence-corrected chi connectivity index (χ3v) is 11.3. The molecule has 0 aromatic heterocycles. The first-order valence-corrected chi connectivity index (χ1v) is 18.7. The van der Waals surface area contributed by atoms with E-state index in [9.17, 15) is 32.4 Å². The number of fused-ring (bicyclic) bond motifs is 3. The highest BCUT2D eigenvalue weighted by Crippen LogP contribution is 2.46. The molecule has 1 aromatic carbocycles. The maximum atomic E-state index is 14.2. The van der Waals surface area contributed by atoms with Gasteiger partial charge in [0.1, 0.15) is 29.3 Å². The highest BCUT2D eigenvalue weighted by molar-refractivity contribution is 7.91. The summed E-state index contributed by atoms with van der Waals surface area (Å²) >= 11 is 0. The van der Waals surface area contributed by atoms with Crippen molar-refractivity contribution in [2.24, 2.45) is 5.92 Å². The Hall–Kier alpha value is -4.18. The lowest BCUT2D eigenvalue weighted by Gasteiger charge is -2.30. The monoisotopic (exact) mass is 715 g/mol. The molecule has 0 bridgehead atoms. The number of hydrogen-bond donors (Lipinski definition) is 3. The number of allylic oxidation sites excluding steroid dienone is 1. The molecule has 3 aliphatic heterocycles. The van der Waals surface area contributed by atoms with E-state index in [1.165, 1.54) is 9.80 Å². The summed E-state index contributed by atoms with van der Waals surface area (Å²) in [5, 5.41) is 4.71. The van der Waals surface area contributed by atoms with Crippen molar-refractivity contribution in [3.8, 4) is 0 Å². The number of sulfonamides is 1. The summed E-state index contributed by atoms with van der Waals surface area (Å²) in [7, 11) is -3.91. The number of para-hydroxylation sites is 1. The maximum Gasteiger partial charge on any atom is 0.414 e. The first kappa shape index (κ1) is 35.6. The van der Waals surface area contributed by atoms with Gasteiger partial charge in [0.25, 0.3) is 5.91 Å². The molecule has 15 nitrogen and oxygen atoms in total. The molecule has 0 radical (unpaired) electrons. The quantitative estimate of drug-likeness (QED) is 0.380. The van der Waals surface area contributed by atoms with Crippen LogP contribution in [0.15, 0.2) is 36.4 Å². The summed E-state index contributed by atoms with van der Waals surface area (Å²) in [6.45, 7) is 5.31. The van der Waals surface area contributed by atoms with Crippen LogP contribution in [0.5, 0.6) is 0 Å². The Labute approximate surface area is 291 Å². The van der Waals surface area contributed by atoms with E-state index in [2.05, 4.69) is 15.4 Å². The van der Waals surface area contributed by atoms with Gasteiger partial charge in [0.05, 0.1) is 24.1 Å². The van der Waals surface area contributed by atoms with Gasteiger partial charge >= 0.3 is 12.2 Å². The van der Waals surface area contributed by atoms with Gasteiger partial charge in [0.15, 0.2) is 0 Å². The molecular formula is C34H45N5O10S. The van der Waals surface area contributed by atoms with Gasteiger partial charge in [-0.25, -0.2) is 18.0 Å². The minimum Gasteiger partial charge on any atom is -0.444 e. The average molecular weight is 716 g/mol. The van der Waals surface area contributed by atoms with Gasteiger partial charge in [-0.2, -0.15) is 0 Å². The van der Waals surface area contributed by atoms with Crippen molar-refractivity contribution in [1.29, 1.82) is 0 Å². The highest BCUT2D eigenvalue weighted by Gasteiger charge is 2.62. The molecule has 5 amide bonds. The van der Waals surface area contributed by atoms with Crippen LogP contribution in [-0.2, 0) is 45.0 Å². The van der Waals surface area contributed by atoms with Gasteiger partial charge in [0.2, 0.25) is 21.8 Å². The topological polar surface area (TPSA) is 190 Å². The molecule has 3 fully saturated rings. The first-order valence-electron chi connectivity index (χ1n) is 17.2. The van der Waals surface area contributed by atoms with E-state index in [4.69, 9.17) is 14.2 Å². The summed E-state index contributed by atoms with van der Waals surface area (Å²) in [4.78, 5) is 70.9. The SMILES string of the molecule is CC(C)(C)OC(=O)N[C@H]1COCCCC=C[C@@H]2C[C@@]2(C(=O)NS(=O)(=O)C2CC2)NC(=O)[C@@H]2C[C@@H](OC(=O)N3CCc4ccccc43)CN2C1=O. The van der Waals surface area contributed by atoms with Crippen molar-refractivity contribution in [3.63, 3.8) is 0 Å². The number of ether oxygens (including phenoxy) is 3. The summed E-state index contributed by atoms with van der Waals surface area (Å²) in [6, 6.07) is 4.98. The lowest BCUT2D eigenvalue weighted by Crippen LogP contribution is -2.59. The highest BCUT2D eigenvalue weighted by atomic mass is 32.2. The maximum absolute atomic E-state index is 14.2. The molecule has 1 saturated heterocycles. The predicted octanol–water partition coefficient (Wildman–Crippen LogP) is 1.90. The number of rotatable bonds is 5. The summed E-state index contributed by atoms with van der Waals surface area (Å²) in [5.74, 6) is -2.71. The number of hydrogen-bond acceptors (Lipinski definition) is 10. The molecule has 6 rings (SSSR count). The average Bonchev–Trinajstić information content (AvgIpc) is 3.93. The minimum absolute atomic E-state index is 0.0998. The first-order chi connectivity index (χ1) is 23.7. The van der Waals surface area contributed by atoms with Crippen molar-refractivity contribution < 1.29 is 46.6 Å². The Kier molecular flexibility index (Phi) is 9.87.